The SMILES string of the molecule is CCCC(C)N(C)c1nc(CC)nc(NCC)c1C. The smallest absolute Gasteiger partial charge is 0.137 e. The summed E-state index contributed by atoms with van der Waals surface area (Å²) >= 11 is 0. The summed E-state index contributed by atoms with van der Waals surface area (Å²) in [7, 11) is 2.13. The summed E-state index contributed by atoms with van der Waals surface area (Å²) < 4.78 is 0. The normalized spacial score (nSPS) is 12.3. The minimum Gasteiger partial charge on any atom is -0.370 e. The lowest BCUT2D eigenvalue weighted by Crippen LogP contribution is -2.30. The van der Waals surface area contributed by atoms with Crippen molar-refractivity contribution in [3.05, 3.63) is 11.4 Å². The lowest BCUT2D eigenvalue weighted by molar-refractivity contribution is 0.608. The molecule has 0 amide bonds. The standard InChI is InChI=1S/C15H28N4/c1-7-10-11(4)19(6)15-12(5)14(16-9-3)17-13(8-2)18-15/h11H,7-10H2,1-6H3,(H,16,17,18). The minimum absolute atomic E-state index is 0.498. The predicted octanol–water partition coefficient (Wildman–Crippen LogP) is 3.40. The van der Waals surface area contributed by atoms with Gasteiger partial charge in [0.1, 0.15) is 17.5 Å². The van der Waals surface area contributed by atoms with Crippen molar-refractivity contribution in [2.45, 2.75) is 59.9 Å². The first-order valence-corrected chi connectivity index (χ1v) is 7.39. The van der Waals surface area contributed by atoms with Crippen LogP contribution in [-0.2, 0) is 6.42 Å². The van der Waals surface area contributed by atoms with E-state index in [-0.39, 0.29) is 0 Å². The van der Waals surface area contributed by atoms with Gasteiger partial charge in [0.2, 0.25) is 0 Å². The number of aromatic nitrogens is 2. The maximum atomic E-state index is 4.71. The minimum atomic E-state index is 0.498. The second-order valence-corrected chi connectivity index (χ2v) is 5.07. The molecule has 0 fully saturated rings. The van der Waals surface area contributed by atoms with Crippen LogP contribution >= 0.6 is 0 Å². The number of nitrogens with zero attached hydrogens (tertiary/aromatic N) is 3. The van der Waals surface area contributed by atoms with E-state index in [1.54, 1.807) is 0 Å². The Morgan fingerprint density at radius 2 is 1.89 bits per heavy atom. The van der Waals surface area contributed by atoms with E-state index >= 15 is 0 Å². The van der Waals surface area contributed by atoms with Gasteiger partial charge < -0.3 is 10.2 Å². The molecule has 0 saturated heterocycles. The van der Waals surface area contributed by atoms with E-state index in [1.807, 2.05) is 0 Å². The van der Waals surface area contributed by atoms with Gasteiger partial charge in [-0.1, -0.05) is 20.3 Å². The summed E-state index contributed by atoms with van der Waals surface area (Å²) in [5, 5.41) is 3.34. The van der Waals surface area contributed by atoms with Gasteiger partial charge in [0.05, 0.1) is 0 Å². The van der Waals surface area contributed by atoms with Crippen LogP contribution in [0.5, 0.6) is 0 Å². The third-order valence-electron chi connectivity index (χ3n) is 3.53. The monoisotopic (exact) mass is 264 g/mol. The van der Waals surface area contributed by atoms with Gasteiger partial charge in [-0.2, -0.15) is 0 Å². The Labute approximate surface area is 117 Å². The van der Waals surface area contributed by atoms with Crippen molar-refractivity contribution in [2.24, 2.45) is 0 Å². The zero-order valence-corrected chi connectivity index (χ0v) is 13.2. The Balaban J connectivity index is 3.13. The molecule has 1 rings (SSSR count). The largest absolute Gasteiger partial charge is 0.370 e. The molecular formula is C15H28N4. The lowest BCUT2D eigenvalue weighted by Gasteiger charge is -2.28. The topological polar surface area (TPSA) is 41.1 Å². The van der Waals surface area contributed by atoms with E-state index in [9.17, 15) is 0 Å². The maximum Gasteiger partial charge on any atom is 0.137 e. The summed E-state index contributed by atoms with van der Waals surface area (Å²) in [6.45, 7) is 11.6. The highest BCUT2D eigenvalue weighted by molar-refractivity contribution is 5.58. The Hall–Kier alpha value is -1.32. The number of rotatable bonds is 7. The molecule has 0 saturated carbocycles. The fraction of sp³-hybridized carbons (Fsp3) is 0.733. The zero-order valence-electron chi connectivity index (χ0n) is 13.2. The summed E-state index contributed by atoms with van der Waals surface area (Å²) in [5.74, 6) is 2.94. The second-order valence-electron chi connectivity index (χ2n) is 5.07. The van der Waals surface area contributed by atoms with Crippen molar-refractivity contribution in [3.8, 4) is 0 Å². The van der Waals surface area contributed by atoms with E-state index in [4.69, 9.17) is 4.98 Å². The molecular weight excluding hydrogens is 236 g/mol. The summed E-state index contributed by atoms with van der Waals surface area (Å²) in [6.07, 6.45) is 3.23. The molecule has 0 radical (unpaired) electrons. The van der Waals surface area contributed by atoms with Gasteiger partial charge in [-0.3, -0.25) is 0 Å². The molecule has 0 spiro atoms. The van der Waals surface area contributed by atoms with Gasteiger partial charge in [0.25, 0.3) is 0 Å². The van der Waals surface area contributed by atoms with Crippen LogP contribution in [-0.4, -0.2) is 29.6 Å². The fourth-order valence-electron chi connectivity index (χ4n) is 2.21. The number of nitrogens with one attached hydrogen (secondary N) is 1. The van der Waals surface area contributed by atoms with Crippen molar-refractivity contribution in [3.63, 3.8) is 0 Å². The number of hydrogen-bond acceptors (Lipinski definition) is 4. The molecule has 0 bridgehead atoms. The van der Waals surface area contributed by atoms with Gasteiger partial charge in [0.15, 0.2) is 0 Å². The molecule has 1 atom stereocenters. The number of aryl methyl sites for hydroxylation is 1. The quantitative estimate of drug-likeness (QED) is 0.819. The van der Waals surface area contributed by atoms with Crippen molar-refractivity contribution >= 4 is 11.6 Å². The summed E-state index contributed by atoms with van der Waals surface area (Å²) in [4.78, 5) is 11.6. The van der Waals surface area contributed by atoms with Crippen LogP contribution in [0.15, 0.2) is 0 Å². The molecule has 1 aromatic heterocycles. The molecule has 1 N–H and O–H groups in total. The number of hydrogen-bond donors (Lipinski definition) is 1. The average molecular weight is 264 g/mol. The molecule has 108 valence electrons. The van der Waals surface area contributed by atoms with Crippen LogP contribution < -0.4 is 10.2 Å². The van der Waals surface area contributed by atoms with Gasteiger partial charge in [-0.25, -0.2) is 9.97 Å². The molecule has 0 aromatic carbocycles. The van der Waals surface area contributed by atoms with Crippen molar-refractivity contribution in [2.75, 3.05) is 23.8 Å². The lowest BCUT2D eigenvalue weighted by atomic mass is 10.1. The van der Waals surface area contributed by atoms with Gasteiger partial charge in [0, 0.05) is 31.6 Å². The molecule has 1 unspecified atom stereocenters. The molecule has 1 aromatic rings. The predicted molar refractivity (Wildman–Crippen MR) is 83.1 cm³/mol. The highest BCUT2D eigenvalue weighted by Gasteiger charge is 2.17. The average Bonchev–Trinajstić information content (AvgIpc) is 2.40. The van der Waals surface area contributed by atoms with Crippen LogP contribution in [0.3, 0.4) is 0 Å². The second kappa shape index (κ2) is 7.31. The Morgan fingerprint density at radius 1 is 1.21 bits per heavy atom. The maximum absolute atomic E-state index is 4.71. The molecule has 4 nitrogen and oxygen atoms in total. The third-order valence-corrected chi connectivity index (χ3v) is 3.53. The van der Waals surface area contributed by atoms with Crippen LogP contribution in [0.25, 0.3) is 0 Å². The molecule has 0 aliphatic heterocycles. The van der Waals surface area contributed by atoms with Crippen LogP contribution in [0, 0.1) is 6.92 Å². The number of anilines is 2. The first-order valence-electron chi connectivity index (χ1n) is 7.39. The van der Waals surface area contributed by atoms with Gasteiger partial charge in [-0.15, -0.1) is 0 Å². The zero-order chi connectivity index (χ0) is 14.4. The molecule has 0 aliphatic carbocycles. The van der Waals surface area contributed by atoms with E-state index < -0.39 is 0 Å². The fourth-order valence-corrected chi connectivity index (χ4v) is 2.21. The van der Waals surface area contributed by atoms with Crippen LogP contribution in [0.4, 0.5) is 11.6 Å². The van der Waals surface area contributed by atoms with E-state index in [1.165, 1.54) is 12.8 Å². The Bertz CT molecular complexity index is 403. The van der Waals surface area contributed by atoms with Gasteiger partial charge >= 0.3 is 0 Å². The van der Waals surface area contributed by atoms with Gasteiger partial charge in [-0.05, 0) is 27.2 Å². The van der Waals surface area contributed by atoms with Crippen molar-refractivity contribution in [1.29, 1.82) is 0 Å². The summed E-state index contributed by atoms with van der Waals surface area (Å²) in [5.41, 5.74) is 1.14. The Morgan fingerprint density at radius 3 is 2.42 bits per heavy atom. The highest BCUT2D eigenvalue weighted by Crippen LogP contribution is 2.25. The molecule has 4 heteroatoms. The van der Waals surface area contributed by atoms with Crippen LogP contribution in [0.2, 0.25) is 0 Å². The van der Waals surface area contributed by atoms with Crippen LogP contribution in [0.1, 0.15) is 51.9 Å². The van der Waals surface area contributed by atoms with Crippen molar-refractivity contribution < 1.29 is 0 Å². The molecule has 0 aliphatic rings. The Kier molecular flexibility index (Phi) is 6.06. The van der Waals surface area contributed by atoms with E-state index in [0.717, 1.165) is 36.0 Å². The van der Waals surface area contributed by atoms with Crippen molar-refractivity contribution in [1.82, 2.24) is 9.97 Å². The summed E-state index contributed by atoms with van der Waals surface area (Å²) in [6, 6.07) is 0.498. The third kappa shape index (κ3) is 3.82. The first-order chi connectivity index (χ1) is 9.04. The highest BCUT2D eigenvalue weighted by atomic mass is 15.2. The molecule has 19 heavy (non-hydrogen) atoms. The first kappa shape index (κ1) is 15.7. The molecule has 1 heterocycles. The van der Waals surface area contributed by atoms with E-state index in [0.29, 0.717) is 6.04 Å². The van der Waals surface area contributed by atoms with E-state index in [2.05, 4.69) is 56.9 Å².